The van der Waals surface area contributed by atoms with E-state index in [2.05, 4.69) is 0 Å². The average molecular weight is 284 g/mol. The van der Waals surface area contributed by atoms with Crippen LogP contribution in [0.15, 0.2) is 30.3 Å². The second-order valence-electron chi connectivity index (χ2n) is 3.97. The van der Waals surface area contributed by atoms with Crippen LogP contribution in [-0.4, -0.2) is 28.9 Å². The molecule has 0 aromatic heterocycles. The first-order chi connectivity index (χ1) is 9.17. The van der Waals surface area contributed by atoms with Crippen LogP contribution in [0, 0.1) is 0 Å². The van der Waals surface area contributed by atoms with Crippen LogP contribution in [0.3, 0.4) is 0 Å². The smallest absolute Gasteiger partial charge is 0.351 e. The number of hydrogen-bond donors (Lipinski definition) is 0. The van der Waals surface area contributed by atoms with Crippen molar-refractivity contribution < 1.29 is 17.7 Å². The van der Waals surface area contributed by atoms with Gasteiger partial charge in [0.25, 0.3) is 0 Å². The monoisotopic (exact) mass is 284 g/mol. The standard InChI is InChI=1S/C14H24O4Si/c1-5-15-19(16-6-2,17-7-3)18-13(4)14-11-9-8-10-12-14/h8-13H,5-7H2,1-4H3. The molecular weight excluding hydrogens is 260 g/mol. The molecule has 0 aliphatic carbocycles. The van der Waals surface area contributed by atoms with Crippen molar-refractivity contribution in [2.24, 2.45) is 0 Å². The summed E-state index contributed by atoms with van der Waals surface area (Å²) in [5, 5.41) is 0. The highest BCUT2D eigenvalue weighted by Gasteiger charge is 2.46. The van der Waals surface area contributed by atoms with E-state index in [4.69, 9.17) is 17.7 Å². The summed E-state index contributed by atoms with van der Waals surface area (Å²) in [6.07, 6.45) is -0.127. The maximum absolute atomic E-state index is 6.02. The largest absolute Gasteiger partial charge is 0.680 e. The Kier molecular flexibility index (Phi) is 7.26. The van der Waals surface area contributed by atoms with Crippen LogP contribution < -0.4 is 0 Å². The molecule has 1 atom stereocenters. The molecule has 0 saturated carbocycles. The Morgan fingerprint density at radius 1 is 0.895 bits per heavy atom. The first kappa shape index (κ1) is 16.3. The van der Waals surface area contributed by atoms with Crippen molar-refractivity contribution in [3.63, 3.8) is 0 Å². The van der Waals surface area contributed by atoms with Gasteiger partial charge in [0, 0.05) is 19.8 Å². The first-order valence-corrected chi connectivity index (χ1v) is 8.45. The van der Waals surface area contributed by atoms with Crippen LogP contribution in [0.1, 0.15) is 39.4 Å². The van der Waals surface area contributed by atoms with Crippen molar-refractivity contribution in [3.8, 4) is 0 Å². The summed E-state index contributed by atoms with van der Waals surface area (Å²) in [5.74, 6) is 0. The maximum atomic E-state index is 6.02. The summed E-state index contributed by atoms with van der Waals surface area (Å²) < 4.78 is 23.0. The normalized spacial score (nSPS) is 13.5. The van der Waals surface area contributed by atoms with Crippen molar-refractivity contribution in [2.75, 3.05) is 19.8 Å². The predicted octanol–water partition coefficient (Wildman–Crippen LogP) is 3.31. The highest BCUT2D eigenvalue weighted by atomic mass is 28.4. The molecule has 108 valence electrons. The van der Waals surface area contributed by atoms with Crippen LogP contribution in [0.25, 0.3) is 0 Å². The van der Waals surface area contributed by atoms with E-state index in [0.29, 0.717) is 19.8 Å². The molecule has 1 unspecified atom stereocenters. The van der Waals surface area contributed by atoms with E-state index in [1.165, 1.54) is 0 Å². The molecule has 19 heavy (non-hydrogen) atoms. The van der Waals surface area contributed by atoms with Crippen LogP contribution in [0.5, 0.6) is 0 Å². The molecular formula is C14H24O4Si. The van der Waals surface area contributed by atoms with E-state index >= 15 is 0 Å². The Morgan fingerprint density at radius 3 is 1.79 bits per heavy atom. The lowest BCUT2D eigenvalue weighted by Crippen LogP contribution is -2.49. The minimum Gasteiger partial charge on any atom is -0.351 e. The lowest BCUT2D eigenvalue weighted by molar-refractivity contribution is -0.0471. The van der Waals surface area contributed by atoms with Gasteiger partial charge < -0.3 is 17.7 Å². The van der Waals surface area contributed by atoms with E-state index < -0.39 is 9.05 Å². The van der Waals surface area contributed by atoms with Gasteiger partial charge in [0.2, 0.25) is 0 Å². The zero-order valence-electron chi connectivity index (χ0n) is 12.2. The topological polar surface area (TPSA) is 36.9 Å². The van der Waals surface area contributed by atoms with Gasteiger partial charge in [-0.05, 0) is 33.3 Å². The highest BCUT2D eigenvalue weighted by Crippen LogP contribution is 2.24. The molecule has 0 aliphatic rings. The van der Waals surface area contributed by atoms with Crippen molar-refractivity contribution in [1.29, 1.82) is 0 Å². The van der Waals surface area contributed by atoms with Gasteiger partial charge in [0.1, 0.15) is 0 Å². The molecule has 0 heterocycles. The molecule has 1 rings (SSSR count). The Balaban J connectivity index is 2.80. The van der Waals surface area contributed by atoms with Gasteiger partial charge in [-0.15, -0.1) is 0 Å². The van der Waals surface area contributed by atoms with E-state index in [0.717, 1.165) is 5.56 Å². The van der Waals surface area contributed by atoms with Gasteiger partial charge in [-0.1, -0.05) is 30.3 Å². The third kappa shape index (κ3) is 5.04. The molecule has 0 aliphatic heterocycles. The average Bonchev–Trinajstić information content (AvgIpc) is 2.40. The second-order valence-corrected chi connectivity index (χ2v) is 6.07. The SMILES string of the molecule is CCO[Si](OCC)(OCC)OC(C)c1ccccc1. The first-order valence-electron chi connectivity index (χ1n) is 6.82. The quantitative estimate of drug-likeness (QED) is 0.652. The molecule has 0 bridgehead atoms. The minimum absolute atomic E-state index is 0.127. The number of rotatable bonds is 9. The summed E-state index contributed by atoms with van der Waals surface area (Å²) in [6.45, 7) is 9.24. The lowest BCUT2D eigenvalue weighted by Gasteiger charge is -2.29. The fourth-order valence-electron chi connectivity index (χ4n) is 1.77. The molecule has 0 saturated heterocycles. The lowest BCUT2D eigenvalue weighted by atomic mass is 10.1. The van der Waals surface area contributed by atoms with Gasteiger partial charge in [-0.3, -0.25) is 0 Å². The van der Waals surface area contributed by atoms with E-state index in [1.807, 2.05) is 58.0 Å². The van der Waals surface area contributed by atoms with Crippen LogP contribution in [0.2, 0.25) is 0 Å². The van der Waals surface area contributed by atoms with Crippen LogP contribution in [-0.2, 0) is 17.7 Å². The highest BCUT2D eigenvalue weighted by molar-refractivity contribution is 6.53. The summed E-state index contributed by atoms with van der Waals surface area (Å²) >= 11 is 0. The van der Waals surface area contributed by atoms with Crippen molar-refractivity contribution in [2.45, 2.75) is 33.8 Å². The second kappa shape index (κ2) is 8.45. The maximum Gasteiger partial charge on any atom is 0.680 e. The Labute approximate surface area is 117 Å². The van der Waals surface area contributed by atoms with Gasteiger partial charge in [-0.2, -0.15) is 0 Å². The predicted molar refractivity (Wildman–Crippen MR) is 76.6 cm³/mol. The zero-order chi connectivity index (χ0) is 14.1. The van der Waals surface area contributed by atoms with Crippen LogP contribution in [0.4, 0.5) is 0 Å². The molecule has 0 N–H and O–H groups in total. The van der Waals surface area contributed by atoms with Crippen molar-refractivity contribution in [3.05, 3.63) is 35.9 Å². The Bertz CT molecular complexity index is 328. The van der Waals surface area contributed by atoms with Gasteiger partial charge in [-0.25, -0.2) is 0 Å². The Morgan fingerprint density at radius 2 is 1.37 bits per heavy atom. The molecule has 0 spiro atoms. The summed E-state index contributed by atoms with van der Waals surface area (Å²) in [5.41, 5.74) is 1.08. The summed E-state index contributed by atoms with van der Waals surface area (Å²) in [6, 6.07) is 10.00. The van der Waals surface area contributed by atoms with Gasteiger partial charge in [0.15, 0.2) is 0 Å². The van der Waals surface area contributed by atoms with E-state index in [1.54, 1.807) is 0 Å². The third-order valence-corrected chi connectivity index (χ3v) is 5.12. The fraction of sp³-hybridized carbons (Fsp3) is 0.571. The molecule has 5 heteroatoms. The molecule has 0 amide bonds. The van der Waals surface area contributed by atoms with Gasteiger partial charge in [0.05, 0.1) is 6.10 Å². The Hall–Kier alpha value is -0.723. The summed E-state index contributed by atoms with van der Waals surface area (Å²) in [4.78, 5) is 0. The molecule has 0 radical (unpaired) electrons. The molecule has 1 aromatic carbocycles. The van der Waals surface area contributed by atoms with Crippen molar-refractivity contribution >= 4 is 9.05 Å². The molecule has 1 aromatic rings. The zero-order valence-corrected chi connectivity index (χ0v) is 13.2. The van der Waals surface area contributed by atoms with E-state index in [-0.39, 0.29) is 6.10 Å². The van der Waals surface area contributed by atoms with E-state index in [9.17, 15) is 0 Å². The minimum atomic E-state index is -3.04. The number of hydrogen-bond acceptors (Lipinski definition) is 4. The van der Waals surface area contributed by atoms with Gasteiger partial charge >= 0.3 is 9.05 Å². The third-order valence-electron chi connectivity index (χ3n) is 2.55. The summed E-state index contributed by atoms with van der Waals surface area (Å²) in [7, 11) is -3.04. The van der Waals surface area contributed by atoms with Crippen molar-refractivity contribution in [1.82, 2.24) is 0 Å². The molecule has 0 fully saturated rings. The van der Waals surface area contributed by atoms with Crippen LogP contribution >= 0.6 is 0 Å². The molecule has 4 nitrogen and oxygen atoms in total. The number of benzene rings is 1. The fourth-order valence-corrected chi connectivity index (χ4v) is 3.85.